The lowest BCUT2D eigenvalue weighted by Gasteiger charge is -2.28. The number of benzene rings is 1. The number of amides is 2. The number of nitrogens with one attached hydrogen (secondary N) is 2. The Balaban J connectivity index is 1.78. The molecule has 2 amide bonds. The molecule has 0 bridgehead atoms. The first-order chi connectivity index (χ1) is 14.5. The molecular weight excluding hydrogens is 418 g/mol. The van der Waals surface area contributed by atoms with Crippen molar-refractivity contribution < 1.29 is 9.59 Å². The monoisotopic (exact) mass is 443 g/mol. The van der Waals surface area contributed by atoms with E-state index in [0.717, 1.165) is 9.77 Å². The van der Waals surface area contributed by atoms with Crippen molar-refractivity contribution in [1.82, 2.24) is 25.4 Å². The zero-order valence-electron chi connectivity index (χ0n) is 17.1. The van der Waals surface area contributed by atoms with E-state index < -0.39 is 6.04 Å². The lowest BCUT2D eigenvalue weighted by Crippen LogP contribution is -2.46. The van der Waals surface area contributed by atoms with Crippen molar-refractivity contribution in [1.29, 1.82) is 0 Å². The first kappa shape index (κ1) is 22.0. The minimum absolute atomic E-state index is 0.147. The third-order valence-corrected chi connectivity index (χ3v) is 6.93. The topological polar surface area (TPSA) is 88.9 Å². The summed E-state index contributed by atoms with van der Waals surface area (Å²) in [4.78, 5) is 30.4. The number of rotatable bonds is 9. The number of hydrogen-bond donors (Lipinski definition) is 2. The molecule has 0 aliphatic heterocycles. The molecule has 0 aliphatic rings. The second-order valence-electron chi connectivity index (χ2n) is 6.78. The summed E-state index contributed by atoms with van der Waals surface area (Å²) in [7, 11) is 0. The Morgan fingerprint density at radius 1 is 1.17 bits per heavy atom. The molecule has 0 radical (unpaired) electrons. The smallest absolute Gasteiger partial charge is 0.261 e. The van der Waals surface area contributed by atoms with E-state index in [2.05, 4.69) is 20.7 Å². The van der Waals surface area contributed by atoms with E-state index in [4.69, 9.17) is 0 Å². The molecule has 3 rings (SSSR count). The summed E-state index contributed by atoms with van der Waals surface area (Å²) in [6.45, 7) is 3.82. The maximum Gasteiger partial charge on any atom is 0.261 e. The van der Waals surface area contributed by atoms with Crippen LogP contribution in [0, 0.1) is 0 Å². The number of hydrogen-bond acceptors (Lipinski definition) is 6. The van der Waals surface area contributed by atoms with Gasteiger partial charge in [0.15, 0.2) is 0 Å². The van der Waals surface area contributed by atoms with Crippen molar-refractivity contribution >= 4 is 34.9 Å². The molecule has 3 unspecified atom stereocenters. The molecule has 7 nitrogen and oxygen atoms in total. The molecule has 3 atom stereocenters. The van der Waals surface area contributed by atoms with Gasteiger partial charge in [-0.25, -0.2) is 9.67 Å². The highest BCUT2D eigenvalue weighted by Crippen LogP contribution is 2.26. The Morgan fingerprint density at radius 3 is 2.53 bits per heavy atom. The van der Waals surface area contributed by atoms with E-state index in [9.17, 15) is 9.59 Å². The van der Waals surface area contributed by atoms with Gasteiger partial charge < -0.3 is 10.6 Å². The van der Waals surface area contributed by atoms with Crippen molar-refractivity contribution in [2.45, 2.75) is 42.6 Å². The molecule has 2 aromatic heterocycles. The Bertz CT molecular complexity index is 959. The lowest BCUT2D eigenvalue weighted by atomic mass is 9.99. The summed E-state index contributed by atoms with van der Waals surface area (Å²) in [6, 6.07) is 12.2. The maximum absolute atomic E-state index is 13.0. The molecule has 0 aliphatic carbocycles. The molecule has 0 saturated heterocycles. The van der Waals surface area contributed by atoms with Gasteiger partial charge in [0.05, 0.1) is 21.2 Å². The van der Waals surface area contributed by atoms with Crippen LogP contribution in [0.2, 0.25) is 0 Å². The molecular formula is C21H25N5O2S2. The molecule has 0 saturated carbocycles. The fraction of sp³-hybridized carbons (Fsp3) is 0.333. The van der Waals surface area contributed by atoms with Crippen LogP contribution >= 0.6 is 23.1 Å². The second kappa shape index (κ2) is 10.4. The van der Waals surface area contributed by atoms with Crippen LogP contribution in [0.5, 0.6) is 0 Å². The largest absolute Gasteiger partial charge is 0.346 e. The van der Waals surface area contributed by atoms with Crippen LogP contribution in [-0.4, -0.2) is 38.9 Å². The summed E-state index contributed by atoms with van der Waals surface area (Å²) in [5, 5.41) is 10.3. The highest BCUT2D eigenvalue weighted by atomic mass is 32.2. The molecule has 0 fully saturated rings. The van der Waals surface area contributed by atoms with Crippen molar-refractivity contribution in [3.8, 4) is 0 Å². The quantitative estimate of drug-likeness (QED) is 0.493. The molecule has 30 heavy (non-hydrogen) atoms. The summed E-state index contributed by atoms with van der Waals surface area (Å²) in [5.74, 6) is -0.315. The van der Waals surface area contributed by atoms with Crippen LogP contribution in [0.4, 0.5) is 0 Å². The Kier molecular flexibility index (Phi) is 7.64. The van der Waals surface area contributed by atoms with Gasteiger partial charge in [0.2, 0.25) is 5.91 Å². The molecule has 158 valence electrons. The Hall–Kier alpha value is -2.65. The van der Waals surface area contributed by atoms with Gasteiger partial charge in [0.25, 0.3) is 5.91 Å². The SMILES string of the molecule is CCC(C(=O)NC(c1ccccc1)C(C)NC(=O)c1ccc(SC)s1)n1cncn1. The fourth-order valence-electron chi connectivity index (χ4n) is 3.19. The van der Waals surface area contributed by atoms with Gasteiger partial charge in [-0.05, 0) is 37.3 Å². The van der Waals surface area contributed by atoms with Gasteiger partial charge in [0, 0.05) is 0 Å². The van der Waals surface area contributed by atoms with Gasteiger partial charge in [-0.3, -0.25) is 9.59 Å². The summed E-state index contributed by atoms with van der Waals surface area (Å²) >= 11 is 3.07. The molecule has 2 heterocycles. The van der Waals surface area contributed by atoms with Crippen LogP contribution in [0.3, 0.4) is 0 Å². The third-order valence-electron chi connectivity index (χ3n) is 4.77. The lowest BCUT2D eigenvalue weighted by molar-refractivity contribution is -0.125. The van der Waals surface area contributed by atoms with Gasteiger partial charge in [-0.15, -0.1) is 23.1 Å². The van der Waals surface area contributed by atoms with E-state index in [1.165, 1.54) is 24.0 Å². The number of carbonyl (C=O) groups is 2. The highest BCUT2D eigenvalue weighted by Gasteiger charge is 2.27. The first-order valence-electron chi connectivity index (χ1n) is 9.67. The summed E-state index contributed by atoms with van der Waals surface area (Å²) < 4.78 is 2.63. The van der Waals surface area contributed by atoms with E-state index in [0.29, 0.717) is 11.3 Å². The van der Waals surface area contributed by atoms with Crippen molar-refractivity contribution in [3.05, 3.63) is 65.6 Å². The van der Waals surface area contributed by atoms with Gasteiger partial charge in [0.1, 0.15) is 18.7 Å². The molecule has 1 aromatic carbocycles. The van der Waals surface area contributed by atoms with Crippen LogP contribution in [0.25, 0.3) is 0 Å². The standard InChI is InChI=1S/C21H25N5O2S2/c1-4-16(26-13-22-12-23-26)20(27)25-19(15-8-6-5-7-9-15)14(2)24-21(28)17-10-11-18(29-3)30-17/h5-14,16,19H,4H2,1-3H3,(H,24,28)(H,25,27). The average molecular weight is 444 g/mol. The van der Waals surface area contributed by atoms with Crippen molar-refractivity contribution in [2.24, 2.45) is 0 Å². The summed E-state index contributed by atoms with van der Waals surface area (Å²) in [5.41, 5.74) is 0.920. The van der Waals surface area contributed by atoms with E-state index in [-0.39, 0.29) is 23.9 Å². The maximum atomic E-state index is 13.0. The van der Waals surface area contributed by atoms with Crippen LogP contribution in [0.15, 0.2) is 59.3 Å². The van der Waals surface area contributed by atoms with E-state index >= 15 is 0 Å². The number of aromatic nitrogens is 3. The minimum atomic E-state index is -0.469. The van der Waals surface area contributed by atoms with E-state index in [1.807, 2.05) is 62.6 Å². The molecule has 0 spiro atoms. The van der Waals surface area contributed by atoms with Gasteiger partial charge in [-0.2, -0.15) is 5.10 Å². The predicted molar refractivity (Wildman–Crippen MR) is 120 cm³/mol. The Labute approximate surface area is 184 Å². The normalized spacial score (nSPS) is 14.0. The molecule has 2 N–H and O–H groups in total. The number of thioether (sulfide) groups is 1. The summed E-state index contributed by atoms with van der Waals surface area (Å²) in [6.07, 6.45) is 5.51. The van der Waals surface area contributed by atoms with Crippen LogP contribution < -0.4 is 10.6 Å². The number of thiophene rings is 1. The molecule has 3 aromatic rings. The van der Waals surface area contributed by atoms with Crippen molar-refractivity contribution in [2.75, 3.05) is 6.26 Å². The van der Waals surface area contributed by atoms with Crippen LogP contribution in [0.1, 0.15) is 47.6 Å². The Morgan fingerprint density at radius 2 is 1.93 bits per heavy atom. The second-order valence-corrected chi connectivity index (χ2v) is 8.97. The number of nitrogens with zero attached hydrogens (tertiary/aromatic N) is 3. The van der Waals surface area contributed by atoms with E-state index in [1.54, 1.807) is 16.4 Å². The van der Waals surface area contributed by atoms with Gasteiger partial charge >= 0.3 is 0 Å². The predicted octanol–water partition coefficient (Wildman–Crippen LogP) is 3.69. The fourth-order valence-corrected chi connectivity index (χ4v) is 4.64. The third kappa shape index (κ3) is 5.28. The van der Waals surface area contributed by atoms with Crippen LogP contribution in [-0.2, 0) is 4.79 Å². The highest BCUT2D eigenvalue weighted by molar-refractivity contribution is 8.00. The molecule has 9 heteroatoms. The average Bonchev–Trinajstić information content (AvgIpc) is 3.45. The number of carbonyl (C=O) groups excluding carboxylic acids is 2. The zero-order valence-corrected chi connectivity index (χ0v) is 18.7. The minimum Gasteiger partial charge on any atom is -0.346 e. The van der Waals surface area contributed by atoms with Gasteiger partial charge in [-0.1, -0.05) is 37.3 Å². The first-order valence-corrected chi connectivity index (χ1v) is 11.7. The zero-order chi connectivity index (χ0) is 21.5. The van der Waals surface area contributed by atoms with Crippen molar-refractivity contribution in [3.63, 3.8) is 0 Å².